The first-order valence-electron chi connectivity index (χ1n) is 8.52. The standard InChI is InChI=1S/C20H22FN3O3/c1-14(25)23-17-7-5-8-18(12-17)24(15(2)26)11-10-20(27)22-13-16-6-3-4-9-19(16)21/h3-9,12H,10-11,13H2,1-2H3,(H,22,27)(H,23,25). The molecule has 0 atom stereocenters. The summed E-state index contributed by atoms with van der Waals surface area (Å²) in [6.45, 7) is 3.06. The van der Waals surface area contributed by atoms with Crippen LogP contribution in [0.5, 0.6) is 0 Å². The van der Waals surface area contributed by atoms with Crippen molar-refractivity contribution in [2.45, 2.75) is 26.8 Å². The van der Waals surface area contributed by atoms with Gasteiger partial charge >= 0.3 is 0 Å². The molecule has 0 heterocycles. The summed E-state index contributed by atoms with van der Waals surface area (Å²) >= 11 is 0. The van der Waals surface area contributed by atoms with E-state index in [1.54, 1.807) is 42.5 Å². The largest absolute Gasteiger partial charge is 0.352 e. The Hall–Kier alpha value is -3.22. The van der Waals surface area contributed by atoms with Gasteiger partial charge in [0.2, 0.25) is 17.7 Å². The zero-order chi connectivity index (χ0) is 19.8. The van der Waals surface area contributed by atoms with Crippen molar-refractivity contribution in [2.24, 2.45) is 0 Å². The maximum Gasteiger partial charge on any atom is 0.223 e. The summed E-state index contributed by atoms with van der Waals surface area (Å²) in [5, 5.41) is 5.31. The lowest BCUT2D eigenvalue weighted by molar-refractivity contribution is -0.121. The molecule has 0 aliphatic rings. The lowest BCUT2D eigenvalue weighted by Crippen LogP contribution is -2.33. The molecule has 0 fully saturated rings. The van der Waals surface area contributed by atoms with Crippen LogP contribution in [0.15, 0.2) is 48.5 Å². The Morgan fingerprint density at radius 3 is 2.44 bits per heavy atom. The molecule has 0 aromatic heterocycles. The number of halogens is 1. The van der Waals surface area contributed by atoms with E-state index in [0.717, 1.165) is 0 Å². The average Bonchev–Trinajstić information content (AvgIpc) is 2.60. The second kappa shape index (κ2) is 9.47. The Morgan fingerprint density at radius 2 is 1.78 bits per heavy atom. The van der Waals surface area contributed by atoms with Gasteiger partial charge in [0.1, 0.15) is 5.82 Å². The number of hydrogen-bond donors (Lipinski definition) is 2. The van der Waals surface area contributed by atoms with Crippen LogP contribution in [0.25, 0.3) is 0 Å². The van der Waals surface area contributed by atoms with Gasteiger partial charge in [-0.2, -0.15) is 0 Å². The van der Waals surface area contributed by atoms with E-state index in [-0.39, 0.29) is 43.0 Å². The van der Waals surface area contributed by atoms with Gasteiger partial charge in [0, 0.05) is 50.3 Å². The molecule has 27 heavy (non-hydrogen) atoms. The van der Waals surface area contributed by atoms with Gasteiger partial charge in [0.05, 0.1) is 0 Å². The summed E-state index contributed by atoms with van der Waals surface area (Å²) in [7, 11) is 0. The van der Waals surface area contributed by atoms with Crippen molar-refractivity contribution in [3.8, 4) is 0 Å². The summed E-state index contributed by atoms with van der Waals surface area (Å²) in [5.41, 5.74) is 1.54. The van der Waals surface area contributed by atoms with Crippen LogP contribution >= 0.6 is 0 Å². The van der Waals surface area contributed by atoms with Gasteiger partial charge in [-0.05, 0) is 24.3 Å². The van der Waals surface area contributed by atoms with E-state index in [9.17, 15) is 18.8 Å². The van der Waals surface area contributed by atoms with E-state index in [1.165, 1.54) is 24.8 Å². The van der Waals surface area contributed by atoms with Gasteiger partial charge in [-0.15, -0.1) is 0 Å². The maximum absolute atomic E-state index is 13.6. The minimum absolute atomic E-state index is 0.0679. The topological polar surface area (TPSA) is 78.5 Å². The summed E-state index contributed by atoms with van der Waals surface area (Å²) < 4.78 is 13.6. The highest BCUT2D eigenvalue weighted by molar-refractivity contribution is 5.94. The van der Waals surface area contributed by atoms with Gasteiger partial charge in [-0.25, -0.2) is 4.39 Å². The molecule has 0 bridgehead atoms. The number of hydrogen-bond acceptors (Lipinski definition) is 3. The summed E-state index contributed by atoms with van der Waals surface area (Å²) in [6.07, 6.45) is 0.0679. The molecule has 0 radical (unpaired) electrons. The monoisotopic (exact) mass is 371 g/mol. The highest BCUT2D eigenvalue weighted by Crippen LogP contribution is 2.20. The van der Waals surface area contributed by atoms with E-state index < -0.39 is 0 Å². The fraction of sp³-hybridized carbons (Fsp3) is 0.250. The fourth-order valence-corrected chi connectivity index (χ4v) is 2.56. The van der Waals surface area contributed by atoms with Crippen LogP contribution in [-0.4, -0.2) is 24.3 Å². The summed E-state index contributed by atoms with van der Waals surface area (Å²) in [4.78, 5) is 36.7. The second-order valence-corrected chi connectivity index (χ2v) is 6.02. The predicted octanol–water partition coefficient (Wildman–Crippen LogP) is 2.84. The molecule has 0 saturated heterocycles. The Balaban J connectivity index is 1.96. The lowest BCUT2D eigenvalue weighted by atomic mass is 10.2. The predicted molar refractivity (Wildman–Crippen MR) is 102 cm³/mol. The van der Waals surface area contributed by atoms with Crippen LogP contribution in [0.2, 0.25) is 0 Å². The van der Waals surface area contributed by atoms with E-state index >= 15 is 0 Å². The number of carbonyl (C=O) groups is 3. The Bertz CT molecular complexity index is 839. The van der Waals surface area contributed by atoms with Crippen LogP contribution in [-0.2, 0) is 20.9 Å². The van der Waals surface area contributed by atoms with Gasteiger partial charge in [0.15, 0.2) is 0 Å². The zero-order valence-corrected chi connectivity index (χ0v) is 15.3. The molecule has 2 aromatic carbocycles. The first-order valence-corrected chi connectivity index (χ1v) is 8.52. The minimum atomic E-state index is -0.377. The van der Waals surface area contributed by atoms with Crippen molar-refractivity contribution in [2.75, 3.05) is 16.8 Å². The Morgan fingerprint density at radius 1 is 1.04 bits per heavy atom. The van der Waals surface area contributed by atoms with Crippen molar-refractivity contribution in [1.29, 1.82) is 0 Å². The number of rotatable bonds is 7. The van der Waals surface area contributed by atoms with E-state index in [0.29, 0.717) is 16.9 Å². The Labute approximate surface area is 157 Å². The number of benzene rings is 2. The van der Waals surface area contributed by atoms with Crippen molar-refractivity contribution in [3.63, 3.8) is 0 Å². The van der Waals surface area contributed by atoms with Crippen LogP contribution in [0, 0.1) is 5.82 Å². The molecular weight excluding hydrogens is 349 g/mol. The van der Waals surface area contributed by atoms with Crippen molar-refractivity contribution in [3.05, 3.63) is 59.9 Å². The highest BCUT2D eigenvalue weighted by Gasteiger charge is 2.14. The number of nitrogens with one attached hydrogen (secondary N) is 2. The molecule has 0 spiro atoms. The molecular formula is C20H22FN3O3. The van der Waals surface area contributed by atoms with E-state index in [1.807, 2.05) is 0 Å². The third kappa shape index (κ3) is 6.22. The van der Waals surface area contributed by atoms with E-state index in [2.05, 4.69) is 10.6 Å². The van der Waals surface area contributed by atoms with Crippen molar-refractivity contribution >= 4 is 29.1 Å². The zero-order valence-electron chi connectivity index (χ0n) is 15.3. The van der Waals surface area contributed by atoms with Crippen LogP contribution in [0.1, 0.15) is 25.8 Å². The van der Waals surface area contributed by atoms with Gasteiger partial charge in [0.25, 0.3) is 0 Å². The van der Waals surface area contributed by atoms with Crippen LogP contribution < -0.4 is 15.5 Å². The number of nitrogens with zero attached hydrogens (tertiary/aromatic N) is 1. The summed E-state index contributed by atoms with van der Waals surface area (Å²) in [5.74, 6) is -1.11. The average molecular weight is 371 g/mol. The second-order valence-electron chi connectivity index (χ2n) is 6.02. The third-order valence-corrected chi connectivity index (χ3v) is 3.85. The normalized spacial score (nSPS) is 10.2. The van der Waals surface area contributed by atoms with Crippen LogP contribution in [0.3, 0.4) is 0 Å². The van der Waals surface area contributed by atoms with Gasteiger partial charge in [-0.1, -0.05) is 24.3 Å². The van der Waals surface area contributed by atoms with E-state index in [4.69, 9.17) is 0 Å². The lowest BCUT2D eigenvalue weighted by Gasteiger charge is -2.21. The number of carbonyl (C=O) groups excluding carboxylic acids is 3. The molecule has 0 aliphatic heterocycles. The van der Waals surface area contributed by atoms with Crippen molar-refractivity contribution < 1.29 is 18.8 Å². The fourth-order valence-electron chi connectivity index (χ4n) is 2.56. The SMILES string of the molecule is CC(=O)Nc1cccc(N(CCC(=O)NCc2ccccc2F)C(C)=O)c1. The first kappa shape index (κ1) is 20.1. The molecule has 2 aromatic rings. The molecule has 7 heteroatoms. The molecule has 3 amide bonds. The smallest absolute Gasteiger partial charge is 0.223 e. The molecule has 0 aliphatic carbocycles. The highest BCUT2D eigenvalue weighted by atomic mass is 19.1. The molecule has 0 saturated carbocycles. The molecule has 142 valence electrons. The molecule has 2 N–H and O–H groups in total. The maximum atomic E-state index is 13.6. The van der Waals surface area contributed by atoms with Gasteiger partial charge < -0.3 is 15.5 Å². The van der Waals surface area contributed by atoms with Crippen molar-refractivity contribution in [1.82, 2.24) is 5.32 Å². The van der Waals surface area contributed by atoms with Crippen LogP contribution in [0.4, 0.5) is 15.8 Å². The summed E-state index contributed by atoms with van der Waals surface area (Å²) in [6, 6.07) is 13.0. The third-order valence-electron chi connectivity index (χ3n) is 3.85. The molecule has 2 rings (SSSR count). The van der Waals surface area contributed by atoms with Gasteiger partial charge in [-0.3, -0.25) is 14.4 Å². The minimum Gasteiger partial charge on any atom is -0.352 e. The Kier molecular flexibility index (Phi) is 7.05. The number of anilines is 2. The first-order chi connectivity index (χ1) is 12.9. The molecule has 0 unspecified atom stereocenters. The number of amides is 3. The molecule has 6 nitrogen and oxygen atoms in total. The quantitative estimate of drug-likeness (QED) is 0.786.